The van der Waals surface area contributed by atoms with Crippen molar-refractivity contribution >= 4 is 11.6 Å². The van der Waals surface area contributed by atoms with Crippen molar-refractivity contribution in [3.05, 3.63) is 23.9 Å². The first-order valence-corrected chi connectivity index (χ1v) is 2.10. The Bertz CT molecular complexity index is 144. The minimum absolute atomic E-state index is 0.333. The summed E-state index contributed by atoms with van der Waals surface area (Å²) in [5, 5.41) is 3.68. The van der Waals surface area contributed by atoms with E-state index >= 15 is 0 Å². The Morgan fingerprint density at radius 2 is 2.57 bits per heavy atom. The highest BCUT2D eigenvalue weighted by Gasteiger charge is 1.94. The largest absolute Gasteiger partial charge is 0.363 e. The van der Waals surface area contributed by atoms with Gasteiger partial charge in [0, 0.05) is 5.56 Å². The third-order valence-corrected chi connectivity index (χ3v) is 0.905. The standard InChI is InChI=1S/C4H3ClNO/c1-3-2-7-6-4(3)5/h2H,1H2. The molecule has 0 fully saturated rings. The van der Waals surface area contributed by atoms with Crippen LogP contribution in [-0.4, -0.2) is 5.16 Å². The van der Waals surface area contributed by atoms with Crippen molar-refractivity contribution < 1.29 is 4.52 Å². The summed E-state index contributed by atoms with van der Waals surface area (Å²) >= 11 is 5.36. The Morgan fingerprint density at radius 3 is 2.71 bits per heavy atom. The summed E-state index contributed by atoms with van der Waals surface area (Å²) in [6.45, 7) is 3.49. The topological polar surface area (TPSA) is 26.0 Å². The van der Waals surface area contributed by atoms with Crippen molar-refractivity contribution in [1.29, 1.82) is 0 Å². The Hall–Kier alpha value is -0.500. The molecule has 0 bridgehead atoms. The third kappa shape index (κ3) is 0.747. The highest BCUT2D eigenvalue weighted by atomic mass is 35.5. The van der Waals surface area contributed by atoms with Gasteiger partial charge in [0.15, 0.2) is 5.15 Å². The summed E-state index contributed by atoms with van der Waals surface area (Å²) in [6, 6.07) is 0. The molecule has 0 aliphatic carbocycles. The third-order valence-electron chi connectivity index (χ3n) is 0.593. The van der Waals surface area contributed by atoms with Crippen molar-refractivity contribution in [3.63, 3.8) is 0 Å². The maximum absolute atomic E-state index is 5.36. The van der Waals surface area contributed by atoms with Gasteiger partial charge in [-0.3, -0.25) is 0 Å². The Balaban J connectivity index is 3.12. The minimum atomic E-state index is 0.333. The molecule has 0 aliphatic heterocycles. The van der Waals surface area contributed by atoms with Crippen LogP contribution in [0.1, 0.15) is 5.56 Å². The normalized spacial score (nSPS) is 9.43. The van der Waals surface area contributed by atoms with Crippen molar-refractivity contribution in [2.75, 3.05) is 0 Å². The molecule has 0 aliphatic rings. The van der Waals surface area contributed by atoms with Gasteiger partial charge in [-0.15, -0.1) is 0 Å². The van der Waals surface area contributed by atoms with Gasteiger partial charge in [-0.1, -0.05) is 16.8 Å². The van der Waals surface area contributed by atoms with Crippen LogP contribution in [0.5, 0.6) is 0 Å². The van der Waals surface area contributed by atoms with Crippen LogP contribution < -0.4 is 0 Å². The van der Waals surface area contributed by atoms with Crippen LogP contribution in [0.2, 0.25) is 5.15 Å². The molecule has 2 nitrogen and oxygen atoms in total. The van der Waals surface area contributed by atoms with E-state index in [2.05, 4.69) is 16.6 Å². The first kappa shape index (κ1) is 4.65. The van der Waals surface area contributed by atoms with E-state index in [1.165, 1.54) is 6.26 Å². The van der Waals surface area contributed by atoms with Gasteiger partial charge < -0.3 is 4.52 Å². The fourth-order valence-corrected chi connectivity index (χ4v) is 0.328. The van der Waals surface area contributed by atoms with Gasteiger partial charge in [-0.2, -0.15) is 0 Å². The molecule has 0 spiro atoms. The molecule has 37 valence electrons. The monoisotopic (exact) mass is 116 g/mol. The molecule has 3 heteroatoms. The smallest absolute Gasteiger partial charge is 0.175 e. The molecular weight excluding hydrogens is 114 g/mol. The fourth-order valence-electron chi connectivity index (χ4n) is 0.243. The van der Waals surface area contributed by atoms with Gasteiger partial charge >= 0.3 is 0 Å². The minimum Gasteiger partial charge on any atom is -0.363 e. The number of rotatable bonds is 0. The second-order valence-electron chi connectivity index (χ2n) is 1.13. The highest BCUT2D eigenvalue weighted by molar-refractivity contribution is 6.30. The van der Waals surface area contributed by atoms with E-state index in [0.717, 1.165) is 0 Å². The van der Waals surface area contributed by atoms with Gasteiger partial charge in [0.1, 0.15) is 6.26 Å². The Labute approximate surface area is 46.1 Å². The molecule has 0 atom stereocenters. The Kier molecular flexibility index (Phi) is 1.02. The lowest BCUT2D eigenvalue weighted by atomic mass is 10.4. The molecule has 0 unspecified atom stereocenters. The number of hydrogen-bond acceptors (Lipinski definition) is 2. The molecule has 0 saturated heterocycles. The molecule has 0 amide bonds. The Morgan fingerprint density at radius 1 is 1.86 bits per heavy atom. The maximum atomic E-state index is 5.36. The van der Waals surface area contributed by atoms with E-state index in [1.807, 2.05) is 0 Å². The molecule has 1 rings (SSSR count). The van der Waals surface area contributed by atoms with Crippen molar-refractivity contribution in [2.45, 2.75) is 0 Å². The van der Waals surface area contributed by atoms with Gasteiger partial charge in [0.2, 0.25) is 0 Å². The zero-order valence-electron chi connectivity index (χ0n) is 3.52. The summed E-state index contributed by atoms with van der Waals surface area (Å²) < 4.78 is 4.40. The molecule has 0 aromatic carbocycles. The van der Waals surface area contributed by atoms with Gasteiger partial charge in [0.05, 0.1) is 0 Å². The first-order chi connectivity index (χ1) is 3.30. The zero-order valence-corrected chi connectivity index (χ0v) is 4.27. The number of nitrogens with zero attached hydrogens (tertiary/aromatic N) is 1. The lowest BCUT2D eigenvalue weighted by Gasteiger charge is -1.70. The van der Waals surface area contributed by atoms with E-state index in [-0.39, 0.29) is 0 Å². The van der Waals surface area contributed by atoms with Gasteiger partial charge in [0.25, 0.3) is 0 Å². The highest BCUT2D eigenvalue weighted by Crippen LogP contribution is 2.09. The number of halogens is 1. The van der Waals surface area contributed by atoms with Crippen LogP contribution in [0.15, 0.2) is 10.8 Å². The van der Waals surface area contributed by atoms with Crippen LogP contribution >= 0.6 is 11.6 Å². The van der Waals surface area contributed by atoms with Crippen molar-refractivity contribution in [1.82, 2.24) is 5.16 Å². The molecule has 0 saturated carbocycles. The SMILES string of the molecule is [CH2]c1conc1Cl. The van der Waals surface area contributed by atoms with Crippen LogP contribution in [0.3, 0.4) is 0 Å². The molecule has 1 aromatic heterocycles. The lowest BCUT2D eigenvalue weighted by molar-refractivity contribution is 0.420. The van der Waals surface area contributed by atoms with E-state index in [0.29, 0.717) is 10.7 Å². The molecule has 1 radical (unpaired) electrons. The van der Waals surface area contributed by atoms with E-state index in [9.17, 15) is 0 Å². The summed E-state index contributed by atoms with van der Waals surface area (Å²) in [4.78, 5) is 0. The summed E-state index contributed by atoms with van der Waals surface area (Å²) in [7, 11) is 0. The van der Waals surface area contributed by atoms with Gasteiger partial charge in [-0.05, 0) is 6.92 Å². The maximum Gasteiger partial charge on any atom is 0.175 e. The molecule has 7 heavy (non-hydrogen) atoms. The second kappa shape index (κ2) is 1.54. The number of hydrogen-bond donors (Lipinski definition) is 0. The van der Waals surface area contributed by atoms with Crippen LogP contribution in [0.4, 0.5) is 0 Å². The van der Waals surface area contributed by atoms with Crippen molar-refractivity contribution in [2.24, 2.45) is 0 Å². The van der Waals surface area contributed by atoms with Gasteiger partial charge in [-0.25, -0.2) is 0 Å². The quantitative estimate of drug-likeness (QED) is 0.514. The predicted octanol–water partition coefficient (Wildman–Crippen LogP) is 1.51. The van der Waals surface area contributed by atoms with Crippen LogP contribution in [0.25, 0.3) is 0 Å². The summed E-state index contributed by atoms with van der Waals surface area (Å²) in [5.74, 6) is 0. The summed E-state index contributed by atoms with van der Waals surface area (Å²) in [6.07, 6.45) is 1.39. The second-order valence-corrected chi connectivity index (χ2v) is 1.49. The van der Waals surface area contributed by atoms with Crippen LogP contribution in [0, 0.1) is 6.92 Å². The molecule has 0 N–H and O–H groups in total. The fraction of sp³-hybridized carbons (Fsp3) is 0. The van der Waals surface area contributed by atoms with E-state index < -0.39 is 0 Å². The molecular formula is C4H3ClNO. The van der Waals surface area contributed by atoms with Crippen LogP contribution in [-0.2, 0) is 0 Å². The first-order valence-electron chi connectivity index (χ1n) is 1.72. The zero-order chi connectivity index (χ0) is 5.28. The van der Waals surface area contributed by atoms with E-state index in [1.54, 1.807) is 0 Å². The average Bonchev–Trinajstić information content (AvgIpc) is 1.91. The average molecular weight is 117 g/mol. The van der Waals surface area contributed by atoms with Crippen molar-refractivity contribution in [3.8, 4) is 0 Å². The molecule has 1 aromatic rings. The predicted molar refractivity (Wildman–Crippen MR) is 26.0 cm³/mol. The molecule has 1 heterocycles. The lowest BCUT2D eigenvalue weighted by Crippen LogP contribution is -1.60. The summed E-state index contributed by atoms with van der Waals surface area (Å²) in [5.41, 5.74) is 0.627. The number of aromatic nitrogens is 1. The van der Waals surface area contributed by atoms with E-state index in [4.69, 9.17) is 11.6 Å².